The van der Waals surface area contributed by atoms with Gasteiger partial charge in [0.15, 0.2) is 0 Å². The second kappa shape index (κ2) is 4.47. The van der Waals surface area contributed by atoms with Crippen molar-refractivity contribution in [2.45, 2.75) is 19.3 Å². The Labute approximate surface area is 99.8 Å². The highest BCUT2D eigenvalue weighted by molar-refractivity contribution is 6.33. The van der Waals surface area contributed by atoms with E-state index in [1.165, 1.54) is 0 Å². The molecule has 1 aliphatic carbocycles. The Hall–Kier alpha value is -1.00. The van der Waals surface area contributed by atoms with Gasteiger partial charge in [0.05, 0.1) is 16.9 Å². The third-order valence-corrected chi connectivity index (χ3v) is 3.38. The lowest BCUT2D eigenvalue weighted by atomic mass is 10.0. The topological polar surface area (TPSA) is 71.2 Å². The van der Waals surface area contributed by atoms with Crippen molar-refractivity contribution in [3.8, 4) is 0 Å². The van der Waals surface area contributed by atoms with Gasteiger partial charge in [-0.1, -0.05) is 11.6 Å². The standard InChI is InChI=1S/C11H16ClN3O/c12-9-5-8(13)6-14-10(9)15-7-11(1-2-11)3-4-16/h5-6,16H,1-4,7,13H2,(H,14,15). The monoisotopic (exact) mass is 241 g/mol. The van der Waals surface area contributed by atoms with Gasteiger partial charge in [-0.25, -0.2) is 4.98 Å². The van der Waals surface area contributed by atoms with Crippen molar-refractivity contribution in [1.82, 2.24) is 4.98 Å². The molecule has 1 aromatic heterocycles. The first-order valence-corrected chi connectivity index (χ1v) is 5.79. The second-order valence-corrected chi connectivity index (χ2v) is 4.83. The molecule has 1 aromatic rings. The maximum atomic E-state index is 8.94. The number of rotatable bonds is 5. The van der Waals surface area contributed by atoms with Crippen molar-refractivity contribution in [3.05, 3.63) is 17.3 Å². The summed E-state index contributed by atoms with van der Waals surface area (Å²) < 4.78 is 0. The van der Waals surface area contributed by atoms with E-state index in [-0.39, 0.29) is 12.0 Å². The molecule has 0 atom stereocenters. The molecule has 0 radical (unpaired) electrons. The van der Waals surface area contributed by atoms with Crippen molar-refractivity contribution < 1.29 is 5.11 Å². The van der Waals surface area contributed by atoms with E-state index in [1.54, 1.807) is 12.3 Å². The summed E-state index contributed by atoms with van der Waals surface area (Å²) in [5.74, 6) is 0.667. The normalized spacial score (nSPS) is 17.1. The fourth-order valence-corrected chi connectivity index (χ4v) is 2.02. The number of nitrogens with two attached hydrogens (primary N) is 1. The molecular formula is C11H16ClN3O. The van der Waals surface area contributed by atoms with Crippen LogP contribution in [0.1, 0.15) is 19.3 Å². The summed E-state index contributed by atoms with van der Waals surface area (Å²) in [7, 11) is 0. The maximum absolute atomic E-state index is 8.94. The van der Waals surface area contributed by atoms with Crippen LogP contribution in [0.2, 0.25) is 5.02 Å². The van der Waals surface area contributed by atoms with Gasteiger partial charge in [0.2, 0.25) is 0 Å². The molecule has 1 saturated carbocycles. The van der Waals surface area contributed by atoms with Gasteiger partial charge in [-0.05, 0) is 30.7 Å². The molecule has 1 heterocycles. The lowest BCUT2D eigenvalue weighted by Gasteiger charge is -2.15. The first kappa shape index (κ1) is 11.5. The Morgan fingerprint density at radius 1 is 1.56 bits per heavy atom. The van der Waals surface area contributed by atoms with Gasteiger partial charge < -0.3 is 16.2 Å². The number of nitrogen functional groups attached to an aromatic ring is 1. The highest BCUT2D eigenvalue weighted by atomic mass is 35.5. The van der Waals surface area contributed by atoms with Crippen LogP contribution in [0.5, 0.6) is 0 Å². The summed E-state index contributed by atoms with van der Waals surface area (Å²) in [4.78, 5) is 4.14. The smallest absolute Gasteiger partial charge is 0.144 e. The van der Waals surface area contributed by atoms with Crippen LogP contribution in [0, 0.1) is 5.41 Å². The van der Waals surface area contributed by atoms with Gasteiger partial charge in [-0.2, -0.15) is 0 Å². The van der Waals surface area contributed by atoms with E-state index >= 15 is 0 Å². The molecule has 88 valence electrons. The van der Waals surface area contributed by atoms with Gasteiger partial charge in [-0.15, -0.1) is 0 Å². The quantitative estimate of drug-likeness (QED) is 0.736. The first-order chi connectivity index (χ1) is 7.65. The Bertz CT molecular complexity index is 379. The van der Waals surface area contributed by atoms with Crippen LogP contribution < -0.4 is 11.1 Å². The molecule has 5 heteroatoms. The van der Waals surface area contributed by atoms with E-state index in [0.717, 1.165) is 25.8 Å². The Morgan fingerprint density at radius 2 is 2.31 bits per heavy atom. The molecule has 2 rings (SSSR count). The zero-order valence-corrected chi connectivity index (χ0v) is 9.80. The van der Waals surface area contributed by atoms with Crippen LogP contribution in [0.3, 0.4) is 0 Å². The van der Waals surface area contributed by atoms with Crippen molar-refractivity contribution in [3.63, 3.8) is 0 Å². The summed E-state index contributed by atoms with van der Waals surface area (Å²) in [6.07, 6.45) is 4.74. The molecule has 4 nitrogen and oxygen atoms in total. The number of pyridine rings is 1. The zero-order chi connectivity index (χ0) is 11.6. The summed E-state index contributed by atoms with van der Waals surface area (Å²) >= 11 is 6.00. The second-order valence-electron chi connectivity index (χ2n) is 4.43. The van der Waals surface area contributed by atoms with Gasteiger partial charge >= 0.3 is 0 Å². The van der Waals surface area contributed by atoms with Crippen molar-refractivity contribution in [2.75, 3.05) is 24.2 Å². The molecule has 1 aliphatic rings. The third-order valence-electron chi connectivity index (χ3n) is 3.09. The number of nitrogens with one attached hydrogen (secondary N) is 1. The lowest BCUT2D eigenvalue weighted by molar-refractivity contribution is 0.253. The van der Waals surface area contributed by atoms with Gasteiger partial charge in [0.25, 0.3) is 0 Å². The average molecular weight is 242 g/mol. The number of aliphatic hydroxyl groups is 1. The molecule has 0 aromatic carbocycles. The maximum Gasteiger partial charge on any atom is 0.144 e. The first-order valence-electron chi connectivity index (χ1n) is 5.41. The number of hydrogen-bond acceptors (Lipinski definition) is 4. The molecule has 0 aliphatic heterocycles. The van der Waals surface area contributed by atoms with Crippen LogP contribution in [0.15, 0.2) is 12.3 Å². The number of halogens is 1. The average Bonchev–Trinajstić information content (AvgIpc) is 2.98. The van der Waals surface area contributed by atoms with Gasteiger partial charge in [0.1, 0.15) is 5.82 Å². The van der Waals surface area contributed by atoms with Gasteiger partial charge in [0, 0.05) is 13.2 Å². The fraction of sp³-hybridized carbons (Fsp3) is 0.545. The number of aromatic nitrogens is 1. The van der Waals surface area contributed by atoms with E-state index in [4.69, 9.17) is 22.4 Å². The summed E-state index contributed by atoms with van der Waals surface area (Å²) in [5, 5.41) is 12.7. The SMILES string of the molecule is Nc1cnc(NCC2(CCO)CC2)c(Cl)c1. The highest BCUT2D eigenvalue weighted by Gasteiger charge is 2.41. The van der Waals surface area contributed by atoms with Gasteiger partial charge in [-0.3, -0.25) is 0 Å². The van der Waals surface area contributed by atoms with Crippen LogP contribution in [0.4, 0.5) is 11.5 Å². The van der Waals surface area contributed by atoms with Crippen LogP contribution in [-0.2, 0) is 0 Å². The number of hydrogen-bond donors (Lipinski definition) is 3. The Morgan fingerprint density at radius 3 is 2.88 bits per heavy atom. The van der Waals surface area contributed by atoms with E-state index < -0.39 is 0 Å². The molecule has 0 amide bonds. The Balaban J connectivity index is 1.94. The van der Waals surface area contributed by atoms with Crippen molar-refractivity contribution >= 4 is 23.1 Å². The minimum Gasteiger partial charge on any atom is -0.397 e. The number of aliphatic hydroxyl groups excluding tert-OH is 1. The minimum absolute atomic E-state index is 0.241. The number of anilines is 2. The highest BCUT2D eigenvalue weighted by Crippen LogP contribution is 2.48. The van der Waals surface area contributed by atoms with Crippen LogP contribution >= 0.6 is 11.6 Å². The molecule has 16 heavy (non-hydrogen) atoms. The van der Waals surface area contributed by atoms with E-state index in [1.807, 2.05) is 0 Å². The largest absolute Gasteiger partial charge is 0.397 e. The molecule has 0 unspecified atom stereocenters. The number of nitrogens with zero attached hydrogens (tertiary/aromatic N) is 1. The predicted molar refractivity (Wildman–Crippen MR) is 65.5 cm³/mol. The van der Waals surface area contributed by atoms with E-state index in [0.29, 0.717) is 16.5 Å². The summed E-state index contributed by atoms with van der Waals surface area (Å²) in [6, 6.07) is 1.68. The molecule has 0 bridgehead atoms. The molecule has 1 fully saturated rings. The molecule has 4 N–H and O–H groups in total. The van der Waals surface area contributed by atoms with Crippen LogP contribution in [-0.4, -0.2) is 23.2 Å². The molecule has 0 saturated heterocycles. The van der Waals surface area contributed by atoms with Crippen molar-refractivity contribution in [2.24, 2.45) is 5.41 Å². The van der Waals surface area contributed by atoms with Crippen LogP contribution in [0.25, 0.3) is 0 Å². The fourth-order valence-electron chi connectivity index (χ4n) is 1.78. The third kappa shape index (κ3) is 2.57. The lowest BCUT2D eigenvalue weighted by Crippen LogP contribution is -2.17. The molecule has 0 spiro atoms. The Kier molecular flexibility index (Phi) is 3.21. The summed E-state index contributed by atoms with van der Waals surface area (Å²) in [6.45, 7) is 1.05. The van der Waals surface area contributed by atoms with E-state index in [9.17, 15) is 0 Å². The predicted octanol–water partition coefficient (Wildman–Crippen LogP) is 1.89. The van der Waals surface area contributed by atoms with E-state index in [2.05, 4.69) is 10.3 Å². The summed E-state index contributed by atoms with van der Waals surface area (Å²) in [5.41, 5.74) is 6.37. The minimum atomic E-state index is 0.241. The van der Waals surface area contributed by atoms with Crippen molar-refractivity contribution in [1.29, 1.82) is 0 Å². The molecular weight excluding hydrogens is 226 g/mol. The zero-order valence-electron chi connectivity index (χ0n) is 9.04.